The number of phenols is 1. The van der Waals surface area contributed by atoms with Crippen LogP contribution >= 0.6 is 0 Å². The summed E-state index contributed by atoms with van der Waals surface area (Å²) in [5.74, 6) is 1.01. The predicted octanol–water partition coefficient (Wildman–Crippen LogP) is 5.33. The summed E-state index contributed by atoms with van der Waals surface area (Å²) in [6.45, 7) is 6.17. The maximum absolute atomic E-state index is 13.0. The summed E-state index contributed by atoms with van der Waals surface area (Å²) in [6.07, 6.45) is 6.24. The fraction of sp³-hybridized carbons (Fsp3) is 0.130. The molecule has 0 amide bonds. The zero-order chi connectivity index (χ0) is 19.9. The standard InChI is InChI=1S/C23H21FN2O2/c1-3-17-8-11-19(15-28-20-12-9-18(24)10-13-20)26-23(17)25-14-16(2)21-6-4-5-7-22(21)27/h3-7,9-14,27H,2,8,15H2,1H3/b17-3-,25-14-. The van der Waals surface area contributed by atoms with E-state index < -0.39 is 0 Å². The SMILES string of the molecule is C=C(/C=N\C1=NC(COc2ccc(F)cc2)=CC/C1=C/C)c1ccccc1O. The van der Waals surface area contributed by atoms with E-state index in [-0.39, 0.29) is 18.2 Å². The number of amidine groups is 1. The van der Waals surface area contributed by atoms with Gasteiger partial charge >= 0.3 is 0 Å². The van der Waals surface area contributed by atoms with Crippen LogP contribution in [0, 0.1) is 5.82 Å². The second-order valence-corrected chi connectivity index (χ2v) is 6.19. The van der Waals surface area contributed by atoms with Crippen LogP contribution in [-0.4, -0.2) is 23.8 Å². The molecule has 1 N–H and O–H groups in total. The number of phenolic OH excluding ortho intramolecular Hbond substituents is 1. The molecule has 28 heavy (non-hydrogen) atoms. The number of para-hydroxylation sites is 1. The van der Waals surface area contributed by atoms with E-state index in [0.717, 1.165) is 11.3 Å². The van der Waals surface area contributed by atoms with Gasteiger partial charge in [-0.2, -0.15) is 0 Å². The van der Waals surface area contributed by atoms with Crippen molar-refractivity contribution < 1.29 is 14.2 Å². The van der Waals surface area contributed by atoms with Crippen LogP contribution in [-0.2, 0) is 0 Å². The molecule has 3 rings (SSSR count). The normalized spacial score (nSPS) is 15.4. The van der Waals surface area contributed by atoms with Gasteiger partial charge in [0.2, 0.25) is 0 Å². The van der Waals surface area contributed by atoms with E-state index in [2.05, 4.69) is 16.6 Å². The summed E-state index contributed by atoms with van der Waals surface area (Å²) in [5.41, 5.74) is 2.96. The maximum Gasteiger partial charge on any atom is 0.155 e. The van der Waals surface area contributed by atoms with Gasteiger partial charge in [0.25, 0.3) is 0 Å². The van der Waals surface area contributed by atoms with E-state index in [1.165, 1.54) is 12.1 Å². The van der Waals surface area contributed by atoms with Gasteiger partial charge in [-0.05, 0) is 54.8 Å². The highest BCUT2D eigenvalue weighted by atomic mass is 19.1. The van der Waals surface area contributed by atoms with Gasteiger partial charge in [0.1, 0.15) is 23.9 Å². The van der Waals surface area contributed by atoms with E-state index in [0.29, 0.717) is 29.1 Å². The lowest BCUT2D eigenvalue weighted by Crippen LogP contribution is -2.10. The molecule has 0 aliphatic carbocycles. The number of benzene rings is 2. The average Bonchev–Trinajstić information content (AvgIpc) is 2.72. The fourth-order valence-electron chi connectivity index (χ4n) is 2.66. The molecular formula is C23H21FN2O2. The lowest BCUT2D eigenvalue weighted by molar-refractivity contribution is 0.349. The van der Waals surface area contributed by atoms with Crippen molar-refractivity contribution in [2.24, 2.45) is 9.98 Å². The third-order valence-corrected chi connectivity index (χ3v) is 4.24. The second kappa shape index (κ2) is 8.95. The number of aliphatic imine (C=N–C) groups is 2. The van der Waals surface area contributed by atoms with Gasteiger partial charge in [-0.3, -0.25) is 0 Å². The summed E-state index contributed by atoms with van der Waals surface area (Å²) < 4.78 is 18.6. The molecule has 142 valence electrons. The number of halogens is 1. The Morgan fingerprint density at radius 1 is 1.25 bits per heavy atom. The van der Waals surface area contributed by atoms with Gasteiger partial charge in [-0.25, -0.2) is 14.4 Å². The third kappa shape index (κ3) is 4.82. The van der Waals surface area contributed by atoms with Crippen molar-refractivity contribution in [1.29, 1.82) is 0 Å². The molecule has 2 aromatic rings. The molecule has 1 aliphatic heterocycles. The van der Waals surface area contributed by atoms with Crippen molar-refractivity contribution >= 4 is 17.6 Å². The number of ether oxygens (including phenoxy) is 1. The highest BCUT2D eigenvalue weighted by Crippen LogP contribution is 2.23. The number of nitrogens with zero attached hydrogens (tertiary/aromatic N) is 2. The molecule has 0 aromatic heterocycles. The predicted molar refractivity (Wildman–Crippen MR) is 111 cm³/mol. The Bertz CT molecular complexity index is 986. The molecule has 0 saturated heterocycles. The number of aromatic hydroxyl groups is 1. The van der Waals surface area contributed by atoms with Gasteiger partial charge in [-0.1, -0.05) is 36.9 Å². The molecule has 0 spiro atoms. The van der Waals surface area contributed by atoms with Crippen LogP contribution in [0.1, 0.15) is 18.9 Å². The minimum absolute atomic E-state index is 0.157. The first-order valence-corrected chi connectivity index (χ1v) is 8.90. The zero-order valence-electron chi connectivity index (χ0n) is 15.6. The van der Waals surface area contributed by atoms with E-state index in [1.807, 2.05) is 25.1 Å². The first kappa shape index (κ1) is 19.3. The summed E-state index contributed by atoms with van der Waals surface area (Å²) in [6, 6.07) is 12.8. The summed E-state index contributed by atoms with van der Waals surface area (Å²) in [4.78, 5) is 9.03. The van der Waals surface area contributed by atoms with E-state index >= 15 is 0 Å². The maximum atomic E-state index is 13.0. The quantitative estimate of drug-likeness (QED) is 0.718. The molecular weight excluding hydrogens is 355 g/mol. The minimum atomic E-state index is -0.304. The monoisotopic (exact) mass is 376 g/mol. The second-order valence-electron chi connectivity index (χ2n) is 6.19. The highest BCUT2D eigenvalue weighted by Gasteiger charge is 2.12. The van der Waals surface area contributed by atoms with Crippen LogP contribution in [0.25, 0.3) is 5.57 Å². The molecule has 0 saturated carbocycles. The van der Waals surface area contributed by atoms with Crippen molar-refractivity contribution in [3.05, 3.63) is 89.9 Å². The molecule has 1 aliphatic rings. The lowest BCUT2D eigenvalue weighted by Gasteiger charge is -2.14. The third-order valence-electron chi connectivity index (χ3n) is 4.24. The largest absolute Gasteiger partial charge is 0.507 e. The molecule has 0 fully saturated rings. The van der Waals surface area contributed by atoms with Gasteiger partial charge in [0, 0.05) is 11.8 Å². The molecule has 4 nitrogen and oxygen atoms in total. The molecule has 0 atom stereocenters. The van der Waals surface area contributed by atoms with Crippen LogP contribution in [0.4, 0.5) is 4.39 Å². The molecule has 0 unspecified atom stereocenters. The van der Waals surface area contributed by atoms with Crippen molar-refractivity contribution in [3.63, 3.8) is 0 Å². The lowest BCUT2D eigenvalue weighted by atomic mass is 10.1. The number of allylic oxidation sites excluding steroid dienone is 3. The number of hydrogen-bond acceptors (Lipinski definition) is 4. The first-order valence-electron chi connectivity index (χ1n) is 8.90. The topological polar surface area (TPSA) is 54.2 Å². The Balaban J connectivity index is 1.72. The zero-order valence-corrected chi connectivity index (χ0v) is 15.6. The van der Waals surface area contributed by atoms with Crippen LogP contribution < -0.4 is 4.74 Å². The molecule has 1 heterocycles. The Hall–Kier alpha value is -3.47. The van der Waals surface area contributed by atoms with Crippen LogP contribution in [0.3, 0.4) is 0 Å². The van der Waals surface area contributed by atoms with Crippen LogP contribution in [0.15, 0.2) is 88.5 Å². The molecule has 0 radical (unpaired) electrons. The highest BCUT2D eigenvalue weighted by molar-refractivity contribution is 6.16. The van der Waals surface area contributed by atoms with Gasteiger partial charge in [0.05, 0.1) is 5.70 Å². The Labute approximate surface area is 163 Å². The van der Waals surface area contributed by atoms with Gasteiger partial charge < -0.3 is 9.84 Å². The van der Waals surface area contributed by atoms with E-state index in [1.54, 1.807) is 36.5 Å². The van der Waals surface area contributed by atoms with E-state index in [9.17, 15) is 9.50 Å². The average molecular weight is 376 g/mol. The van der Waals surface area contributed by atoms with Gasteiger partial charge in [0.15, 0.2) is 5.84 Å². The van der Waals surface area contributed by atoms with Crippen LogP contribution in [0.2, 0.25) is 0 Å². The van der Waals surface area contributed by atoms with Crippen LogP contribution in [0.5, 0.6) is 11.5 Å². The number of rotatable bonds is 5. The van der Waals surface area contributed by atoms with Crippen molar-refractivity contribution in [3.8, 4) is 11.5 Å². The Morgan fingerprint density at radius 3 is 2.71 bits per heavy atom. The van der Waals surface area contributed by atoms with E-state index in [4.69, 9.17) is 4.74 Å². The molecule has 5 heteroatoms. The van der Waals surface area contributed by atoms with Crippen molar-refractivity contribution in [2.75, 3.05) is 6.61 Å². The number of hydrogen-bond donors (Lipinski definition) is 1. The van der Waals surface area contributed by atoms with Gasteiger partial charge in [-0.15, -0.1) is 0 Å². The molecule has 0 bridgehead atoms. The van der Waals surface area contributed by atoms with Crippen molar-refractivity contribution in [2.45, 2.75) is 13.3 Å². The smallest absolute Gasteiger partial charge is 0.155 e. The Kier molecular flexibility index (Phi) is 6.17. The summed E-state index contributed by atoms with van der Waals surface area (Å²) >= 11 is 0. The summed E-state index contributed by atoms with van der Waals surface area (Å²) in [7, 11) is 0. The van der Waals surface area contributed by atoms with Crippen molar-refractivity contribution in [1.82, 2.24) is 0 Å². The Morgan fingerprint density at radius 2 is 2.00 bits per heavy atom. The fourth-order valence-corrected chi connectivity index (χ4v) is 2.66. The summed E-state index contributed by atoms with van der Waals surface area (Å²) in [5, 5.41) is 9.94. The first-order chi connectivity index (χ1) is 13.6. The molecule has 2 aromatic carbocycles. The minimum Gasteiger partial charge on any atom is -0.507 e.